The highest BCUT2D eigenvalue weighted by Gasteiger charge is 2.29. The normalized spacial score (nSPS) is 18.6. The third-order valence-electron chi connectivity index (χ3n) is 5.01. The van der Waals surface area contributed by atoms with Crippen molar-refractivity contribution in [1.82, 2.24) is 14.8 Å². The molecule has 0 radical (unpaired) electrons. The average Bonchev–Trinajstić information content (AvgIpc) is 3.15. The van der Waals surface area contributed by atoms with Gasteiger partial charge < -0.3 is 9.30 Å². The molecule has 2 unspecified atom stereocenters. The molecular formula is C22H23N5O2S. The number of carbonyl (C=O) groups is 1. The Balaban J connectivity index is 1.51. The highest BCUT2D eigenvalue weighted by molar-refractivity contribution is 8.00. The van der Waals surface area contributed by atoms with E-state index in [0.29, 0.717) is 12.3 Å². The van der Waals surface area contributed by atoms with Gasteiger partial charge in [-0.05, 0) is 37.6 Å². The molecular weight excluding hydrogens is 398 g/mol. The van der Waals surface area contributed by atoms with E-state index >= 15 is 0 Å². The number of amides is 1. The topological polar surface area (TPSA) is 81.7 Å². The van der Waals surface area contributed by atoms with E-state index in [2.05, 4.69) is 31.7 Å². The molecule has 2 atom stereocenters. The van der Waals surface area contributed by atoms with Crippen molar-refractivity contribution in [2.45, 2.75) is 37.2 Å². The van der Waals surface area contributed by atoms with Gasteiger partial charge in [-0.3, -0.25) is 4.79 Å². The van der Waals surface area contributed by atoms with Gasteiger partial charge in [-0.2, -0.15) is 4.99 Å². The number of allylic oxidation sites excluding steroid dienone is 3. The van der Waals surface area contributed by atoms with Gasteiger partial charge in [-0.25, -0.2) is 4.99 Å². The van der Waals surface area contributed by atoms with Gasteiger partial charge in [0.15, 0.2) is 5.16 Å². The minimum absolute atomic E-state index is 0.120. The second kappa shape index (κ2) is 8.79. The fourth-order valence-electron chi connectivity index (χ4n) is 3.36. The van der Waals surface area contributed by atoms with E-state index < -0.39 is 0 Å². The van der Waals surface area contributed by atoms with Gasteiger partial charge in [-0.1, -0.05) is 42.1 Å². The highest BCUT2D eigenvalue weighted by Crippen LogP contribution is 2.27. The number of aromatic nitrogens is 3. The van der Waals surface area contributed by atoms with Gasteiger partial charge in [0.05, 0.1) is 18.1 Å². The summed E-state index contributed by atoms with van der Waals surface area (Å²) in [6.07, 6.45) is 8.13. The lowest BCUT2D eigenvalue weighted by Gasteiger charge is -2.20. The molecule has 1 aliphatic carbocycles. The summed E-state index contributed by atoms with van der Waals surface area (Å²) in [7, 11) is 1.66. The van der Waals surface area contributed by atoms with Gasteiger partial charge in [0, 0.05) is 13.0 Å². The first-order chi connectivity index (χ1) is 14.6. The van der Waals surface area contributed by atoms with Gasteiger partial charge in [0.2, 0.25) is 0 Å². The Morgan fingerprint density at radius 3 is 2.70 bits per heavy atom. The number of thioether (sulfide) groups is 1. The average molecular weight is 422 g/mol. The van der Waals surface area contributed by atoms with Crippen molar-refractivity contribution in [3.05, 3.63) is 60.0 Å². The Hall–Kier alpha value is -3.00. The standard InChI is InChI=1S/C22H23N5O2S/c1-4-27-19(13-15-9-11-16(29-3)12-10-15)25-26-22(27)30-14(2)20-23-18-8-6-5-7-17(18)21(28)24-20/h5-12,14,17H,4,13H2,1-3H3. The van der Waals surface area contributed by atoms with Crippen molar-refractivity contribution in [1.29, 1.82) is 0 Å². The summed E-state index contributed by atoms with van der Waals surface area (Å²) in [5.74, 6) is 1.73. The number of nitrogens with zero attached hydrogens (tertiary/aromatic N) is 5. The Morgan fingerprint density at radius 2 is 1.97 bits per heavy atom. The van der Waals surface area contributed by atoms with Crippen molar-refractivity contribution < 1.29 is 9.53 Å². The molecule has 1 amide bonds. The van der Waals surface area contributed by atoms with E-state index in [-0.39, 0.29) is 17.1 Å². The number of hydrogen-bond acceptors (Lipinski definition) is 6. The molecule has 0 bridgehead atoms. The van der Waals surface area contributed by atoms with Crippen LogP contribution in [0.5, 0.6) is 5.75 Å². The number of benzene rings is 1. The van der Waals surface area contributed by atoms with Gasteiger partial charge >= 0.3 is 0 Å². The van der Waals surface area contributed by atoms with Crippen molar-refractivity contribution in [2.75, 3.05) is 7.11 Å². The number of aliphatic imine (C=N–C) groups is 2. The molecule has 154 valence electrons. The monoisotopic (exact) mass is 421 g/mol. The second-order valence-electron chi connectivity index (χ2n) is 6.99. The molecule has 1 aliphatic heterocycles. The van der Waals surface area contributed by atoms with Crippen LogP contribution in [0.3, 0.4) is 0 Å². The summed E-state index contributed by atoms with van der Waals surface area (Å²) in [6.45, 7) is 4.81. The molecule has 2 heterocycles. The van der Waals surface area contributed by atoms with Crippen LogP contribution in [0.15, 0.2) is 63.7 Å². The first-order valence-corrected chi connectivity index (χ1v) is 10.7. The zero-order valence-corrected chi connectivity index (χ0v) is 18.0. The fraction of sp³-hybridized carbons (Fsp3) is 0.318. The number of carbonyl (C=O) groups excluding carboxylic acids is 1. The van der Waals surface area contributed by atoms with Crippen molar-refractivity contribution >= 4 is 29.2 Å². The van der Waals surface area contributed by atoms with Crippen molar-refractivity contribution in [3.63, 3.8) is 0 Å². The van der Waals surface area contributed by atoms with Crippen LogP contribution in [0.2, 0.25) is 0 Å². The Labute approximate surface area is 179 Å². The molecule has 1 aromatic carbocycles. The van der Waals surface area contributed by atoms with E-state index in [4.69, 9.17) is 4.74 Å². The summed E-state index contributed by atoms with van der Waals surface area (Å²) in [4.78, 5) is 21.2. The molecule has 4 rings (SSSR count). The number of hydrogen-bond donors (Lipinski definition) is 0. The Bertz CT molecular complexity index is 1070. The summed E-state index contributed by atoms with van der Waals surface area (Å²) >= 11 is 1.52. The van der Waals surface area contributed by atoms with Gasteiger partial charge in [0.1, 0.15) is 23.3 Å². The third kappa shape index (κ3) is 4.14. The number of rotatable bonds is 7. The largest absolute Gasteiger partial charge is 0.497 e. The minimum atomic E-state index is -0.355. The summed E-state index contributed by atoms with van der Waals surface area (Å²) in [5, 5.41) is 9.47. The van der Waals surface area contributed by atoms with Crippen LogP contribution in [0.4, 0.5) is 0 Å². The smallest absolute Gasteiger partial charge is 0.260 e. The molecule has 2 aromatic rings. The molecule has 0 saturated carbocycles. The molecule has 0 fully saturated rings. The second-order valence-corrected chi connectivity index (χ2v) is 8.30. The molecule has 0 spiro atoms. The quantitative estimate of drug-likeness (QED) is 0.639. The number of methoxy groups -OCH3 is 1. The Morgan fingerprint density at radius 1 is 1.17 bits per heavy atom. The molecule has 7 nitrogen and oxygen atoms in total. The summed E-state index contributed by atoms with van der Waals surface area (Å²) < 4.78 is 7.31. The van der Waals surface area contributed by atoms with Gasteiger partial charge in [-0.15, -0.1) is 10.2 Å². The molecule has 0 N–H and O–H groups in total. The SMILES string of the molecule is CCn1c(Cc2ccc(OC)cc2)nnc1SC(C)C1=NC(=O)C2C=CC=CC2=N1. The van der Waals surface area contributed by atoms with E-state index in [1.54, 1.807) is 7.11 Å². The van der Waals surface area contributed by atoms with E-state index in [9.17, 15) is 4.79 Å². The van der Waals surface area contributed by atoms with Crippen LogP contribution >= 0.6 is 11.8 Å². The van der Waals surface area contributed by atoms with E-state index in [1.165, 1.54) is 11.8 Å². The number of ether oxygens (including phenoxy) is 1. The zero-order valence-electron chi connectivity index (χ0n) is 17.1. The first kappa shape index (κ1) is 20.3. The molecule has 0 saturated heterocycles. The van der Waals surface area contributed by atoms with Crippen LogP contribution in [-0.2, 0) is 17.8 Å². The van der Waals surface area contributed by atoms with Gasteiger partial charge in [0.25, 0.3) is 5.91 Å². The lowest BCUT2D eigenvalue weighted by atomic mass is 9.96. The van der Waals surface area contributed by atoms with Crippen LogP contribution in [0, 0.1) is 5.92 Å². The Kier molecular flexibility index (Phi) is 5.94. The van der Waals surface area contributed by atoms with Crippen LogP contribution in [0.1, 0.15) is 25.2 Å². The first-order valence-electron chi connectivity index (χ1n) is 9.86. The minimum Gasteiger partial charge on any atom is -0.497 e. The maximum Gasteiger partial charge on any atom is 0.260 e. The maximum atomic E-state index is 12.4. The summed E-state index contributed by atoms with van der Waals surface area (Å²) in [5.41, 5.74) is 1.89. The highest BCUT2D eigenvalue weighted by atomic mass is 32.2. The lowest BCUT2D eigenvalue weighted by molar-refractivity contribution is -0.118. The third-order valence-corrected chi connectivity index (χ3v) is 6.09. The van der Waals surface area contributed by atoms with E-state index in [0.717, 1.165) is 34.6 Å². The van der Waals surface area contributed by atoms with E-state index in [1.807, 2.05) is 55.5 Å². The molecule has 2 aliphatic rings. The summed E-state index contributed by atoms with van der Waals surface area (Å²) in [6, 6.07) is 7.95. The fourth-order valence-corrected chi connectivity index (χ4v) is 4.34. The molecule has 1 aromatic heterocycles. The number of fused-ring (bicyclic) bond motifs is 1. The van der Waals surface area contributed by atoms with Crippen LogP contribution in [-0.4, -0.2) is 44.6 Å². The lowest BCUT2D eigenvalue weighted by Crippen LogP contribution is -2.30. The maximum absolute atomic E-state index is 12.4. The number of amidine groups is 1. The molecule has 8 heteroatoms. The predicted molar refractivity (Wildman–Crippen MR) is 118 cm³/mol. The van der Waals surface area contributed by atoms with Crippen LogP contribution < -0.4 is 4.74 Å². The zero-order chi connectivity index (χ0) is 21.1. The predicted octanol–water partition coefficient (Wildman–Crippen LogP) is 3.50. The van der Waals surface area contributed by atoms with Crippen LogP contribution in [0.25, 0.3) is 0 Å². The molecule has 30 heavy (non-hydrogen) atoms. The van der Waals surface area contributed by atoms with Crippen molar-refractivity contribution in [3.8, 4) is 5.75 Å². The van der Waals surface area contributed by atoms with Crippen molar-refractivity contribution in [2.24, 2.45) is 15.9 Å².